The highest BCUT2D eigenvalue weighted by Gasteiger charge is 2.02. The Morgan fingerprint density at radius 1 is 1.33 bits per heavy atom. The Morgan fingerprint density at radius 2 is 1.67 bits per heavy atom. The molecule has 54 valence electrons. The second-order valence-electron chi connectivity index (χ2n) is 2.74. The Balaban J connectivity index is 0. The summed E-state index contributed by atoms with van der Waals surface area (Å²) in [6.45, 7) is 5.86. The lowest BCUT2D eigenvalue weighted by molar-refractivity contribution is -0.870. The number of nitrogens with zero attached hydrogens (tertiary/aromatic N) is 2. The predicted molar refractivity (Wildman–Crippen MR) is 35.0 cm³/mol. The molecular weight excluding hydrogens is 116 g/mol. The molecule has 0 aliphatic heterocycles. The first-order chi connectivity index (χ1) is 4.06. The molecule has 0 fully saturated rings. The molecule has 0 aromatic rings. The average Bonchev–Trinajstić information content (AvgIpc) is 1.69. The van der Waals surface area contributed by atoms with Gasteiger partial charge in [-0.25, -0.2) is 0 Å². The maximum Gasteiger partial charge on any atom is 0.101 e. The van der Waals surface area contributed by atoms with Gasteiger partial charge in [0, 0.05) is 0 Å². The van der Waals surface area contributed by atoms with Crippen molar-refractivity contribution in [3.05, 3.63) is 6.57 Å². The second kappa shape index (κ2) is 5.54. The zero-order chi connectivity index (χ0) is 7.91. The van der Waals surface area contributed by atoms with Crippen LogP contribution in [-0.2, 0) is 0 Å². The zero-order valence-corrected chi connectivity index (χ0v) is 6.26. The molecule has 0 unspecified atom stereocenters. The number of likely N-dealkylation sites (N-methyl/N-ethyl adjacent to an activating group) is 1. The van der Waals surface area contributed by atoms with Crippen molar-refractivity contribution < 1.29 is 9.59 Å². The summed E-state index contributed by atoms with van der Waals surface area (Å²) in [4.78, 5) is 0. The van der Waals surface area contributed by atoms with Crippen molar-refractivity contribution in [3.63, 3.8) is 0 Å². The third-order valence-electron chi connectivity index (χ3n) is 0.771. The molecule has 9 heavy (non-hydrogen) atoms. The van der Waals surface area contributed by atoms with Gasteiger partial charge in [0.2, 0.25) is 0 Å². The predicted octanol–water partition coefficient (Wildman–Crippen LogP) is -0.219. The van der Waals surface area contributed by atoms with E-state index in [-0.39, 0.29) is 6.61 Å². The van der Waals surface area contributed by atoms with E-state index >= 15 is 0 Å². The highest BCUT2D eigenvalue weighted by molar-refractivity contribution is 4.19. The van der Waals surface area contributed by atoms with E-state index in [1.54, 1.807) is 0 Å². The smallest absolute Gasteiger partial charge is 0.101 e. The van der Waals surface area contributed by atoms with E-state index in [2.05, 4.69) is 21.1 Å². The molecule has 0 spiro atoms. The molecule has 0 rings (SSSR count). The molecule has 0 aliphatic rings. The summed E-state index contributed by atoms with van der Waals surface area (Å²) in [5.41, 5.74) is 0. The molecule has 0 saturated heterocycles. The molecule has 0 aromatic heterocycles. The Labute approximate surface area is 56.7 Å². The topological polar surface area (TPSA) is 44.0 Å². The van der Waals surface area contributed by atoms with Gasteiger partial charge in [-0.1, -0.05) is 0 Å². The molecule has 0 amide bonds. The maximum atomic E-state index is 8.39. The fourth-order valence-electron chi connectivity index (χ4n) is 0.300. The summed E-state index contributed by atoms with van der Waals surface area (Å²) < 4.78 is 0.844. The van der Waals surface area contributed by atoms with Crippen LogP contribution in [0.2, 0.25) is 0 Å². The normalized spacial score (nSPS) is 9.56. The Hall–Kier alpha value is -0.590. The van der Waals surface area contributed by atoms with Gasteiger partial charge in [0.15, 0.2) is 0 Å². The van der Waals surface area contributed by atoms with Gasteiger partial charge in [-0.15, -0.1) is 0 Å². The van der Waals surface area contributed by atoms with Crippen LogP contribution < -0.4 is 0 Å². The van der Waals surface area contributed by atoms with Crippen molar-refractivity contribution in [1.29, 1.82) is 5.26 Å². The van der Waals surface area contributed by atoms with E-state index in [9.17, 15) is 0 Å². The molecule has 0 heterocycles. The molecule has 0 aromatic carbocycles. The van der Waals surface area contributed by atoms with Crippen LogP contribution in [0, 0.1) is 11.8 Å². The highest BCUT2D eigenvalue weighted by atomic mass is 16.3. The summed E-state index contributed by atoms with van der Waals surface area (Å²) in [5, 5.41) is 14.6. The molecule has 1 N–H and O–H groups in total. The van der Waals surface area contributed by atoms with Gasteiger partial charge < -0.3 is 21.4 Å². The van der Waals surface area contributed by atoms with Gasteiger partial charge in [-0.3, -0.25) is 0 Å². The summed E-state index contributed by atoms with van der Waals surface area (Å²) in [6, 6.07) is 0. The van der Waals surface area contributed by atoms with Crippen molar-refractivity contribution in [2.45, 2.75) is 0 Å². The average molecular weight is 130 g/mol. The monoisotopic (exact) mass is 130 g/mol. The largest absolute Gasteiger partial charge is 0.512 e. The summed E-state index contributed by atoms with van der Waals surface area (Å²) in [7, 11) is 6.16. The number of rotatable bonds is 2. The van der Waals surface area contributed by atoms with Crippen LogP contribution in [-0.4, -0.2) is 43.9 Å². The maximum absolute atomic E-state index is 8.39. The Morgan fingerprint density at radius 3 is 1.67 bits per heavy atom. The third-order valence-corrected chi connectivity index (χ3v) is 0.771. The first-order valence-corrected chi connectivity index (χ1v) is 2.70. The minimum absolute atomic E-state index is 0.281. The Bertz CT molecular complexity index is 72.9. The van der Waals surface area contributed by atoms with Crippen LogP contribution in [0.5, 0.6) is 0 Å². The van der Waals surface area contributed by atoms with Crippen molar-refractivity contribution in [2.75, 3.05) is 34.3 Å². The molecule has 3 nitrogen and oxygen atoms in total. The van der Waals surface area contributed by atoms with Crippen molar-refractivity contribution in [3.8, 4) is 0 Å². The summed E-state index contributed by atoms with van der Waals surface area (Å²) in [5.74, 6) is 0. The van der Waals surface area contributed by atoms with Crippen LogP contribution in [0.1, 0.15) is 0 Å². The number of hydrogen-bond donors (Lipinski definition) is 1. The number of hydrogen-bond acceptors (Lipinski definition) is 2. The van der Waals surface area contributed by atoms with E-state index in [4.69, 9.17) is 16.9 Å². The second-order valence-corrected chi connectivity index (χ2v) is 2.74. The molecular formula is C6H14N2O. The lowest BCUT2D eigenvalue weighted by atomic mass is 10.5. The first-order valence-electron chi connectivity index (χ1n) is 2.70. The molecule has 0 atom stereocenters. The SMILES string of the molecule is C[N+](C)(C)CCO.[C-]#N. The first kappa shape index (κ1) is 11.2. The fourth-order valence-corrected chi connectivity index (χ4v) is 0.300. The molecule has 0 bridgehead atoms. The van der Waals surface area contributed by atoms with Crippen LogP contribution >= 0.6 is 0 Å². The van der Waals surface area contributed by atoms with Crippen LogP contribution in [0.4, 0.5) is 0 Å². The molecule has 0 radical (unpaired) electrons. The van der Waals surface area contributed by atoms with Gasteiger partial charge in [0.05, 0.1) is 27.7 Å². The minimum Gasteiger partial charge on any atom is -0.512 e. The van der Waals surface area contributed by atoms with Crippen molar-refractivity contribution >= 4 is 0 Å². The van der Waals surface area contributed by atoms with Crippen LogP contribution in [0.3, 0.4) is 0 Å². The van der Waals surface area contributed by atoms with Crippen molar-refractivity contribution in [2.24, 2.45) is 0 Å². The minimum atomic E-state index is 0.281. The van der Waals surface area contributed by atoms with Gasteiger partial charge in [-0.05, 0) is 0 Å². The molecule has 3 heteroatoms. The third kappa shape index (κ3) is 18.7. The van der Waals surface area contributed by atoms with E-state index in [1.165, 1.54) is 0 Å². The van der Waals surface area contributed by atoms with Gasteiger partial charge in [0.1, 0.15) is 6.54 Å². The van der Waals surface area contributed by atoms with E-state index in [0.717, 1.165) is 11.0 Å². The van der Waals surface area contributed by atoms with Gasteiger partial charge in [0.25, 0.3) is 0 Å². The van der Waals surface area contributed by atoms with Gasteiger partial charge in [-0.2, -0.15) is 0 Å². The fraction of sp³-hybridized carbons (Fsp3) is 0.833. The summed E-state index contributed by atoms with van der Waals surface area (Å²) in [6.07, 6.45) is 0. The molecule has 0 aliphatic carbocycles. The number of aliphatic hydroxyl groups is 1. The Kier molecular flexibility index (Phi) is 6.92. The van der Waals surface area contributed by atoms with E-state index in [1.807, 2.05) is 0 Å². The summed E-state index contributed by atoms with van der Waals surface area (Å²) >= 11 is 0. The van der Waals surface area contributed by atoms with Crippen LogP contribution in [0.25, 0.3) is 0 Å². The number of quaternary nitrogens is 1. The van der Waals surface area contributed by atoms with Crippen molar-refractivity contribution in [1.82, 2.24) is 0 Å². The van der Waals surface area contributed by atoms with E-state index in [0.29, 0.717) is 0 Å². The quantitative estimate of drug-likeness (QED) is 0.415. The van der Waals surface area contributed by atoms with E-state index < -0.39 is 0 Å². The lowest BCUT2D eigenvalue weighted by Crippen LogP contribution is -2.36. The van der Waals surface area contributed by atoms with Gasteiger partial charge >= 0.3 is 0 Å². The zero-order valence-electron chi connectivity index (χ0n) is 6.26. The highest BCUT2D eigenvalue weighted by Crippen LogP contribution is 1.84. The van der Waals surface area contributed by atoms with Crippen LogP contribution in [0.15, 0.2) is 0 Å². The molecule has 0 saturated carbocycles. The lowest BCUT2D eigenvalue weighted by Gasteiger charge is -2.21. The standard InChI is InChI=1S/C5H14NO.CN/c1-6(2,3)4-5-7;1-2/h7H,4-5H2,1-3H3;/q+1;-1. The number of aliphatic hydroxyl groups excluding tert-OH is 1.